The Morgan fingerprint density at radius 1 is 1.22 bits per heavy atom. The lowest BCUT2D eigenvalue weighted by molar-refractivity contribution is -0.113. The van der Waals surface area contributed by atoms with Crippen LogP contribution in [0.15, 0.2) is 53.7 Å². The highest BCUT2D eigenvalue weighted by atomic mass is 32.2. The summed E-state index contributed by atoms with van der Waals surface area (Å²) in [5, 5.41) is 3.82. The molecule has 142 valence electrons. The fourth-order valence-electron chi connectivity index (χ4n) is 2.86. The van der Waals surface area contributed by atoms with Crippen molar-refractivity contribution in [3.05, 3.63) is 54.1 Å². The second kappa shape index (κ2) is 9.06. The number of anilines is 1. The zero-order valence-corrected chi connectivity index (χ0v) is 16.8. The van der Waals surface area contributed by atoms with Crippen molar-refractivity contribution in [2.75, 3.05) is 24.8 Å². The van der Waals surface area contributed by atoms with Gasteiger partial charge in [0, 0.05) is 19.3 Å². The lowest BCUT2D eigenvalue weighted by Gasteiger charge is -2.10. The van der Waals surface area contributed by atoms with Crippen LogP contribution in [0, 0.1) is 0 Å². The van der Waals surface area contributed by atoms with E-state index in [1.807, 2.05) is 42.5 Å². The number of amides is 1. The lowest BCUT2D eigenvalue weighted by atomic mass is 10.0. The molecule has 1 amide bonds. The van der Waals surface area contributed by atoms with Crippen LogP contribution in [0.2, 0.25) is 0 Å². The number of carbonyl (C=O) groups excluding carboxylic acids is 1. The molecule has 0 saturated heterocycles. The molecule has 1 heterocycles. The molecule has 0 radical (unpaired) electrons. The standard InChI is InChI=1S/C21H25N3O2S/c1-15(2)16-7-6-8-17(13-16)22-20(25)14-27-21-23-18-9-4-5-10-19(18)24(21)11-12-26-3/h4-10,13,15H,11-12,14H2,1-3H3,(H,22,25). The average molecular weight is 384 g/mol. The molecule has 1 aromatic heterocycles. The number of thioether (sulfide) groups is 1. The molecule has 0 atom stereocenters. The second-order valence-electron chi connectivity index (χ2n) is 6.64. The number of fused-ring (bicyclic) bond motifs is 1. The average Bonchev–Trinajstić information content (AvgIpc) is 3.02. The first-order valence-corrected chi connectivity index (χ1v) is 10.0. The van der Waals surface area contributed by atoms with E-state index in [1.54, 1.807) is 7.11 Å². The summed E-state index contributed by atoms with van der Waals surface area (Å²) in [6.07, 6.45) is 0. The van der Waals surface area contributed by atoms with Crippen LogP contribution in [0.3, 0.4) is 0 Å². The molecular formula is C21H25N3O2S. The van der Waals surface area contributed by atoms with Gasteiger partial charge in [0.25, 0.3) is 0 Å². The third-order valence-electron chi connectivity index (χ3n) is 4.31. The van der Waals surface area contributed by atoms with Crippen molar-refractivity contribution in [1.82, 2.24) is 9.55 Å². The highest BCUT2D eigenvalue weighted by molar-refractivity contribution is 7.99. The van der Waals surface area contributed by atoms with Crippen LogP contribution in [-0.2, 0) is 16.1 Å². The Bertz CT molecular complexity index is 921. The van der Waals surface area contributed by atoms with Gasteiger partial charge in [-0.2, -0.15) is 0 Å². The van der Waals surface area contributed by atoms with E-state index >= 15 is 0 Å². The Balaban J connectivity index is 1.69. The van der Waals surface area contributed by atoms with Crippen LogP contribution in [0.5, 0.6) is 0 Å². The molecule has 6 heteroatoms. The molecule has 0 unspecified atom stereocenters. The molecule has 2 aromatic carbocycles. The number of imidazole rings is 1. The Morgan fingerprint density at radius 2 is 2.04 bits per heavy atom. The maximum atomic E-state index is 12.4. The largest absolute Gasteiger partial charge is 0.383 e. The van der Waals surface area contributed by atoms with E-state index in [9.17, 15) is 4.79 Å². The topological polar surface area (TPSA) is 56.1 Å². The second-order valence-corrected chi connectivity index (χ2v) is 7.59. The van der Waals surface area contributed by atoms with Crippen LogP contribution in [-0.4, -0.2) is 34.9 Å². The molecule has 27 heavy (non-hydrogen) atoms. The first-order chi connectivity index (χ1) is 13.1. The summed E-state index contributed by atoms with van der Waals surface area (Å²) in [7, 11) is 1.69. The van der Waals surface area contributed by atoms with Gasteiger partial charge in [-0.15, -0.1) is 0 Å². The van der Waals surface area contributed by atoms with Gasteiger partial charge in [-0.3, -0.25) is 4.79 Å². The van der Waals surface area contributed by atoms with Crippen LogP contribution < -0.4 is 5.32 Å². The summed E-state index contributed by atoms with van der Waals surface area (Å²) < 4.78 is 7.32. The highest BCUT2D eigenvalue weighted by Gasteiger charge is 2.13. The predicted molar refractivity (Wildman–Crippen MR) is 111 cm³/mol. The van der Waals surface area contributed by atoms with E-state index in [4.69, 9.17) is 4.74 Å². The summed E-state index contributed by atoms with van der Waals surface area (Å²) in [5.74, 6) is 0.700. The minimum absolute atomic E-state index is 0.0359. The third-order valence-corrected chi connectivity index (χ3v) is 5.28. The van der Waals surface area contributed by atoms with Crippen molar-refractivity contribution in [2.45, 2.75) is 31.5 Å². The number of methoxy groups -OCH3 is 1. The van der Waals surface area contributed by atoms with Crippen molar-refractivity contribution in [3.63, 3.8) is 0 Å². The van der Waals surface area contributed by atoms with Gasteiger partial charge in [0.05, 0.1) is 23.4 Å². The molecule has 3 aromatic rings. The molecule has 0 bridgehead atoms. The first-order valence-electron chi connectivity index (χ1n) is 9.05. The van der Waals surface area contributed by atoms with Crippen LogP contribution >= 0.6 is 11.8 Å². The van der Waals surface area contributed by atoms with Gasteiger partial charge in [0.15, 0.2) is 5.16 Å². The highest BCUT2D eigenvalue weighted by Crippen LogP contribution is 2.24. The van der Waals surface area contributed by atoms with Crippen molar-refractivity contribution in [1.29, 1.82) is 0 Å². The Labute approximate surface area is 164 Å². The summed E-state index contributed by atoms with van der Waals surface area (Å²) in [6.45, 7) is 5.59. The fraction of sp³-hybridized carbons (Fsp3) is 0.333. The zero-order chi connectivity index (χ0) is 19.2. The van der Waals surface area contributed by atoms with Gasteiger partial charge < -0.3 is 14.6 Å². The van der Waals surface area contributed by atoms with Gasteiger partial charge in [-0.25, -0.2) is 4.98 Å². The summed E-state index contributed by atoms with van der Waals surface area (Å²) in [5.41, 5.74) is 4.03. The molecule has 0 saturated carbocycles. The van der Waals surface area contributed by atoms with E-state index in [0.717, 1.165) is 21.9 Å². The van der Waals surface area contributed by atoms with Crippen molar-refractivity contribution < 1.29 is 9.53 Å². The van der Waals surface area contributed by atoms with Crippen LogP contribution in [0.25, 0.3) is 11.0 Å². The third kappa shape index (κ3) is 4.90. The maximum absolute atomic E-state index is 12.4. The fourth-order valence-corrected chi connectivity index (χ4v) is 3.71. The number of hydrogen-bond donors (Lipinski definition) is 1. The molecule has 0 fully saturated rings. The minimum atomic E-state index is -0.0359. The van der Waals surface area contributed by atoms with E-state index in [-0.39, 0.29) is 5.91 Å². The molecule has 0 aliphatic rings. The van der Waals surface area contributed by atoms with Crippen LogP contribution in [0.4, 0.5) is 5.69 Å². The number of nitrogens with one attached hydrogen (secondary N) is 1. The normalized spacial score (nSPS) is 11.3. The number of benzene rings is 2. The van der Waals surface area contributed by atoms with Crippen molar-refractivity contribution >= 4 is 34.4 Å². The molecule has 0 aliphatic carbocycles. The number of rotatable bonds is 8. The first kappa shape index (κ1) is 19.5. The smallest absolute Gasteiger partial charge is 0.234 e. The van der Waals surface area contributed by atoms with Gasteiger partial charge >= 0.3 is 0 Å². The predicted octanol–water partition coefficient (Wildman–Crippen LogP) is 4.54. The molecule has 0 aliphatic heterocycles. The van der Waals surface area contributed by atoms with E-state index < -0.39 is 0 Å². The molecular weight excluding hydrogens is 358 g/mol. The number of nitrogens with zero attached hydrogens (tertiary/aromatic N) is 2. The Hall–Kier alpha value is -2.31. The number of hydrogen-bond acceptors (Lipinski definition) is 4. The van der Waals surface area contributed by atoms with Crippen molar-refractivity contribution in [3.8, 4) is 0 Å². The molecule has 0 spiro atoms. The van der Waals surface area contributed by atoms with E-state index in [1.165, 1.54) is 17.3 Å². The number of para-hydroxylation sites is 2. The lowest BCUT2D eigenvalue weighted by Crippen LogP contribution is -2.15. The maximum Gasteiger partial charge on any atom is 0.234 e. The monoisotopic (exact) mass is 383 g/mol. The summed E-state index contributed by atoms with van der Waals surface area (Å²) in [6, 6.07) is 16.0. The van der Waals surface area contributed by atoms with Gasteiger partial charge in [0.2, 0.25) is 5.91 Å². The van der Waals surface area contributed by atoms with Gasteiger partial charge in [-0.05, 0) is 35.7 Å². The molecule has 3 rings (SSSR count). The van der Waals surface area contributed by atoms with E-state index in [0.29, 0.717) is 24.8 Å². The number of aromatic nitrogens is 2. The van der Waals surface area contributed by atoms with E-state index in [2.05, 4.69) is 34.8 Å². The number of ether oxygens (including phenoxy) is 1. The molecule has 1 N–H and O–H groups in total. The Morgan fingerprint density at radius 3 is 2.81 bits per heavy atom. The Kier molecular flexibility index (Phi) is 6.53. The summed E-state index contributed by atoms with van der Waals surface area (Å²) in [4.78, 5) is 17.1. The zero-order valence-electron chi connectivity index (χ0n) is 15.9. The minimum Gasteiger partial charge on any atom is -0.383 e. The summed E-state index contributed by atoms with van der Waals surface area (Å²) >= 11 is 1.45. The van der Waals surface area contributed by atoms with Crippen LogP contribution in [0.1, 0.15) is 25.3 Å². The number of carbonyl (C=O) groups is 1. The van der Waals surface area contributed by atoms with Gasteiger partial charge in [-0.1, -0.05) is 49.9 Å². The van der Waals surface area contributed by atoms with Gasteiger partial charge in [0.1, 0.15) is 0 Å². The molecule has 5 nitrogen and oxygen atoms in total. The van der Waals surface area contributed by atoms with Crippen molar-refractivity contribution in [2.24, 2.45) is 0 Å². The SMILES string of the molecule is COCCn1c(SCC(=O)Nc2cccc(C(C)C)c2)nc2ccccc21. The quantitative estimate of drug-likeness (QED) is 0.580.